The molecule has 0 atom stereocenters. The summed E-state index contributed by atoms with van der Waals surface area (Å²) in [5.41, 5.74) is 3.10. The zero-order valence-electron chi connectivity index (χ0n) is 18.5. The molecule has 2 aromatic heterocycles. The third-order valence-electron chi connectivity index (χ3n) is 5.72. The van der Waals surface area contributed by atoms with E-state index >= 15 is 0 Å². The van der Waals surface area contributed by atoms with Gasteiger partial charge in [0.1, 0.15) is 10.6 Å². The second-order valence-electron chi connectivity index (χ2n) is 8.05. The van der Waals surface area contributed by atoms with Gasteiger partial charge < -0.3 is 9.64 Å². The fraction of sp³-hybridized carbons (Fsp3) is 0.280. The van der Waals surface area contributed by atoms with Crippen LogP contribution in [0.2, 0.25) is 5.02 Å². The van der Waals surface area contributed by atoms with E-state index in [0.29, 0.717) is 22.5 Å². The summed E-state index contributed by atoms with van der Waals surface area (Å²) in [7, 11) is 2.12. The number of ether oxygens (including phenoxy) is 1. The fourth-order valence-corrected chi connectivity index (χ4v) is 6.50. The second kappa shape index (κ2) is 9.50. The van der Waals surface area contributed by atoms with Gasteiger partial charge in [-0.1, -0.05) is 35.5 Å². The number of halogens is 1. The lowest BCUT2D eigenvalue weighted by atomic mass is 10.1. The van der Waals surface area contributed by atoms with Crippen molar-refractivity contribution in [3.63, 3.8) is 0 Å². The van der Waals surface area contributed by atoms with Crippen LogP contribution in [0.4, 0.5) is 0 Å². The summed E-state index contributed by atoms with van der Waals surface area (Å²) in [5.74, 6) is 1.48. The maximum atomic E-state index is 13.9. The molecule has 5 rings (SSSR count). The topological polar surface area (TPSA) is 47.4 Å². The quantitative estimate of drug-likeness (QED) is 0.249. The first-order valence-corrected chi connectivity index (χ1v) is 13.1. The van der Waals surface area contributed by atoms with Gasteiger partial charge in [-0.15, -0.1) is 11.3 Å². The number of nitrogens with zero attached hydrogens (tertiary/aromatic N) is 3. The van der Waals surface area contributed by atoms with Crippen molar-refractivity contribution in [2.24, 2.45) is 0 Å². The lowest BCUT2D eigenvalue weighted by Gasteiger charge is -2.21. The number of fused-ring (bicyclic) bond motifs is 3. The predicted octanol–water partition coefficient (Wildman–Crippen LogP) is 5.78. The van der Waals surface area contributed by atoms with Crippen LogP contribution in [0, 0.1) is 0 Å². The van der Waals surface area contributed by atoms with Crippen molar-refractivity contribution in [3.05, 3.63) is 79.9 Å². The van der Waals surface area contributed by atoms with E-state index in [1.54, 1.807) is 27.7 Å². The molecule has 1 aliphatic heterocycles. The highest BCUT2D eigenvalue weighted by Gasteiger charge is 2.24. The lowest BCUT2D eigenvalue weighted by Crippen LogP contribution is -2.27. The third kappa shape index (κ3) is 4.55. The van der Waals surface area contributed by atoms with E-state index in [1.807, 2.05) is 55.5 Å². The van der Waals surface area contributed by atoms with Crippen LogP contribution in [0.5, 0.6) is 5.75 Å². The number of rotatable bonds is 6. The predicted molar refractivity (Wildman–Crippen MR) is 137 cm³/mol. The van der Waals surface area contributed by atoms with Gasteiger partial charge in [0.2, 0.25) is 0 Å². The van der Waals surface area contributed by atoms with Gasteiger partial charge in [-0.2, -0.15) is 0 Å². The summed E-state index contributed by atoms with van der Waals surface area (Å²) in [6, 6.07) is 15.5. The van der Waals surface area contributed by atoms with Gasteiger partial charge in [-0.05, 0) is 67.9 Å². The molecule has 0 fully saturated rings. The molecule has 5 nitrogen and oxygen atoms in total. The standard InChI is InChI=1S/C25H24ClN3O2S2/c1-3-31-19-10-8-18(9-11-19)29-24(30)22-20-12-13-28(2)14-21(20)33-23(22)27-25(29)32-15-16-4-6-17(26)7-5-16/h4-11H,3,12-15H2,1-2H3. The van der Waals surface area contributed by atoms with Gasteiger partial charge in [0.25, 0.3) is 5.56 Å². The Balaban J connectivity index is 1.62. The molecule has 0 unspecified atom stereocenters. The molecule has 2 aromatic carbocycles. The average molecular weight is 498 g/mol. The number of hydrogen-bond donors (Lipinski definition) is 0. The number of benzene rings is 2. The molecule has 0 saturated carbocycles. The zero-order chi connectivity index (χ0) is 22.9. The molecule has 0 aliphatic carbocycles. The molecule has 8 heteroatoms. The molecule has 0 bridgehead atoms. The molecule has 0 saturated heterocycles. The van der Waals surface area contributed by atoms with Crippen molar-refractivity contribution in [3.8, 4) is 11.4 Å². The number of aromatic nitrogens is 2. The van der Waals surface area contributed by atoms with Crippen molar-refractivity contribution in [2.75, 3.05) is 20.2 Å². The summed E-state index contributed by atoms with van der Waals surface area (Å²) in [6.45, 7) is 4.38. The molecule has 170 valence electrons. The van der Waals surface area contributed by atoms with Crippen LogP contribution >= 0.6 is 34.7 Å². The highest BCUT2D eigenvalue weighted by molar-refractivity contribution is 7.98. The van der Waals surface area contributed by atoms with Crippen molar-refractivity contribution in [1.82, 2.24) is 14.5 Å². The minimum atomic E-state index is 0.00446. The van der Waals surface area contributed by atoms with E-state index in [1.165, 1.54) is 10.4 Å². The van der Waals surface area contributed by atoms with Crippen LogP contribution in [0.1, 0.15) is 22.9 Å². The van der Waals surface area contributed by atoms with E-state index in [-0.39, 0.29) is 5.56 Å². The van der Waals surface area contributed by atoms with Crippen LogP contribution in [-0.4, -0.2) is 34.7 Å². The molecule has 0 amide bonds. The monoisotopic (exact) mass is 497 g/mol. The first-order chi connectivity index (χ1) is 16.0. The Morgan fingerprint density at radius 2 is 1.91 bits per heavy atom. The SMILES string of the molecule is CCOc1ccc(-n2c(SCc3ccc(Cl)cc3)nc3sc4c(c3c2=O)CCN(C)C4)cc1. The molecule has 1 aliphatic rings. The molecule has 0 radical (unpaired) electrons. The Bertz CT molecular complexity index is 1350. The van der Waals surface area contributed by atoms with Crippen molar-refractivity contribution in [2.45, 2.75) is 30.8 Å². The largest absolute Gasteiger partial charge is 0.494 e. The average Bonchev–Trinajstić information content (AvgIpc) is 3.17. The van der Waals surface area contributed by atoms with Gasteiger partial charge in [0.05, 0.1) is 17.7 Å². The van der Waals surface area contributed by atoms with Crippen LogP contribution in [0.15, 0.2) is 58.5 Å². The van der Waals surface area contributed by atoms with Gasteiger partial charge in [-0.3, -0.25) is 9.36 Å². The minimum Gasteiger partial charge on any atom is -0.494 e. The maximum Gasteiger partial charge on any atom is 0.267 e. The van der Waals surface area contributed by atoms with E-state index in [9.17, 15) is 4.79 Å². The number of thiophene rings is 1. The van der Waals surface area contributed by atoms with Gasteiger partial charge in [0.15, 0.2) is 5.16 Å². The summed E-state index contributed by atoms with van der Waals surface area (Å²) in [5, 5.41) is 2.18. The molecule has 33 heavy (non-hydrogen) atoms. The molecular weight excluding hydrogens is 474 g/mol. The number of likely N-dealkylation sites (N-methyl/N-ethyl adjacent to an activating group) is 1. The molecule has 4 aromatic rings. The van der Waals surface area contributed by atoms with Gasteiger partial charge >= 0.3 is 0 Å². The third-order valence-corrected chi connectivity index (χ3v) is 8.09. The molecule has 0 spiro atoms. The maximum absolute atomic E-state index is 13.9. The molecule has 3 heterocycles. The first kappa shape index (κ1) is 22.5. The normalized spacial score (nSPS) is 13.9. The van der Waals surface area contributed by atoms with Crippen LogP contribution in [0.3, 0.4) is 0 Å². The Labute approximate surface area is 206 Å². The highest BCUT2D eigenvalue weighted by atomic mass is 35.5. The van der Waals surface area contributed by atoms with Crippen LogP contribution in [0.25, 0.3) is 15.9 Å². The first-order valence-electron chi connectivity index (χ1n) is 10.9. The Morgan fingerprint density at radius 1 is 1.15 bits per heavy atom. The number of hydrogen-bond acceptors (Lipinski definition) is 6. The molecule has 0 N–H and O–H groups in total. The second-order valence-corrected chi connectivity index (χ2v) is 10.5. The van der Waals surface area contributed by atoms with E-state index < -0.39 is 0 Å². The van der Waals surface area contributed by atoms with E-state index in [2.05, 4.69) is 11.9 Å². The fourth-order valence-electron chi connectivity index (χ4n) is 4.06. The Kier molecular flexibility index (Phi) is 6.47. The summed E-state index contributed by atoms with van der Waals surface area (Å²) < 4.78 is 7.35. The smallest absolute Gasteiger partial charge is 0.267 e. The van der Waals surface area contributed by atoms with E-state index in [4.69, 9.17) is 21.3 Å². The summed E-state index contributed by atoms with van der Waals surface area (Å²) in [4.78, 5) is 23.3. The van der Waals surface area contributed by atoms with Crippen molar-refractivity contribution < 1.29 is 4.74 Å². The lowest BCUT2D eigenvalue weighted by molar-refractivity contribution is 0.318. The Morgan fingerprint density at radius 3 is 2.64 bits per heavy atom. The van der Waals surface area contributed by atoms with Crippen molar-refractivity contribution in [1.29, 1.82) is 0 Å². The van der Waals surface area contributed by atoms with Crippen molar-refractivity contribution >= 4 is 44.9 Å². The van der Waals surface area contributed by atoms with E-state index in [0.717, 1.165) is 46.7 Å². The summed E-state index contributed by atoms with van der Waals surface area (Å²) >= 11 is 9.25. The Hall–Kier alpha value is -2.32. The summed E-state index contributed by atoms with van der Waals surface area (Å²) in [6.07, 6.45) is 0.878. The zero-order valence-corrected chi connectivity index (χ0v) is 20.9. The van der Waals surface area contributed by atoms with Gasteiger partial charge in [0, 0.05) is 28.7 Å². The highest BCUT2D eigenvalue weighted by Crippen LogP contribution is 2.34. The van der Waals surface area contributed by atoms with Crippen LogP contribution < -0.4 is 10.3 Å². The molecular formula is C25H24ClN3O2S2. The van der Waals surface area contributed by atoms with Crippen LogP contribution in [-0.2, 0) is 18.7 Å². The minimum absolute atomic E-state index is 0.00446. The van der Waals surface area contributed by atoms with Gasteiger partial charge in [-0.25, -0.2) is 4.98 Å². The number of thioether (sulfide) groups is 1.